The van der Waals surface area contributed by atoms with E-state index in [-0.39, 0.29) is 0 Å². The van der Waals surface area contributed by atoms with E-state index in [0.29, 0.717) is 16.7 Å². The molecule has 0 aromatic carbocycles. The molecule has 0 atom stereocenters. The Labute approximate surface area is 69.9 Å². The summed E-state index contributed by atoms with van der Waals surface area (Å²) in [7, 11) is 3.05. The van der Waals surface area contributed by atoms with Crippen LogP contribution in [0, 0.1) is 0 Å². The first kappa shape index (κ1) is 8.14. The van der Waals surface area contributed by atoms with Gasteiger partial charge < -0.3 is 9.47 Å². The first-order valence-corrected chi connectivity index (χ1v) is 3.40. The quantitative estimate of drug-likeness (QED) is 0.683. The van der Waals surface area contributed by atoms with Crippen molar-refractivity contribution in [1.82, 2.24) is 4.98 Å². The summed E-state index contributed by atoms with van der Waals surface area (Å²) in [6.45, 7) is 0. The average Bonchev–Trinajstić information content (AvgIpc) is 2.05. The minimum Gasteiger partial charge on any atom is -0.495 e. The fraction of sp³-hybridized carbons (Fsp3) is 0.286. The number of nitrogens with zero attached hydrogens (tertiary/aromatic N) is 1. The van der Waals surface area contributed by atoms with Crippen LogP contribution < -0.4 is 9.47 Å². The first-order valence-electron chi connectivity index (χ1n) is 3.02. The van der Waals surface area contributed by atoms with Gasteiger partial charge in [-0.2, -0.15) is 0 Å². The van der Waals surface area contributed by atoms with Crippen LogP contribution >= 0.6 is 11.6 Å². The maximum atomic E-state index is 5.80. The third-order valence-electron chi connectivity index (χ3n) is 1.24. The fourth-order valence-corrected chi connectivity index (χ4v) is 0.974. The van der Waals surface area contributed by atoms with E-state index in [4.69, 9.17) is 21.1 Å². The standard InChI is InChI=1S/C7H8ClNO2/c1-10-5-3-4-9-7(11-2)6(5)8/h3-4H,1-2H3. The molecule has 0 aliphatic heterocycles. The second-order valence-corrected chi connectivity index (χ2v) is 2.21. The van der Waals surface area contributed by atoms with E-state index in [1.165, 1.54) is 7.11 Å². The van der Waals surface area contributed by atoms with Crippen LogP contribution in [0.5, 0.6) is 11.6 Å². The van der Waals surface area contributed by atoms with Crippen LogP contribution in [0.2, 0.25) is 5.02 Å². The molecule has 0 amide bonds. The molecular weight excluding hydrogens is 166 g/mol. The Kier molecular flexibility index (Phi) is 2.54. The third kappa shape index (κ3) is 1.54. The first-order chi connectivity index (χ1) is 5.29. The summed E-state index contributed by atoms with van der Waals surface area (Å²) in [5.41, 5.74) is 0. The van der Waals surface area contributed by atoms with Gasteiger partial charge >= 0.3 is 0 Å². The molecule has 0 bridgehead atoms. The molecule has 3 nitrogen and oxygen atoms in total. The van der Waals surface area contributed by atoms with Crippen molar-refractivity contribution in [3.63, 3.8) is 0 Å². The van der Waals surface area contributed by atoms with Crippen LogP contribution in [-0.4, -0.2) is 19.2 Å². The molecule has 0 N–H and O–H groups in total. The second kappa shape index (κ2) is 3.44. The highest BCUT2D eigenvalue weighted by atomic mass is 35.5. The summed E-state index contributed by atoms with van der Waals surface area (Å²) in [5, 5.41) is 0.400. The maximum absolute atomic E-state index is 5.80. The van der Waals surface area contributed by atoms with Crippen molar-refractivity contribution in [2.75, 3.05) is 14.2 Å². The molecule has 0 spiro atoms. The molecule has 0 saturated carbocycles. The Bertz CT molecular complexity index is 230. The summed E-state index contributed by atoms with van der Waals surface area (Å²) in [6, 6.07) is 1.67. The molecule has 4 heteroatoms. The van der Waals surface area contributed by atoms with Crippen LogP contribution in [-0.2, 0) is 0 Å². The predicted molar refractivity (Wildman–Crippen MR) is 42.4 cm³/mol. The Morgan fingerprint density at radius 2 is 2.09 bits per heavy atom. The second-order valence-electron chi connectivity index (χ2n) is 1.84. The smallest absolute Gasteiger partial charge is 0.236 e. The number of ether oxygens (including phenoxy) is 2. The van der Waals surface area contributed by atoms with E-state index < -0.39 is 0 Å². The number of rotatable bonds is 2. The normalized spacial score (nSPS) is 9.36. The van der Waals surface area contributed by atoms with Gasteiger partial charge in [0.2, 0.25) is 5.88 Å². The van der Waals surface area contributed by atoms with Crippen molar-refractivity contribution < 1.29 is 9.47 Å². The predicted octanol–water partition coefficient (Wildman–Crippen LogP) is 1.75. The summed E-state index contributed by atoms with van der Waals surface area (Å²) in [6.07, 6.45) is 1.57. The van der Waals surface area contributed by atoms with Gasteiger partial charge in [0.05, 0.1) is 14.2 Å². The topological polar surface area (TPSA) is 31.4 Å². The highest BCUT2D eigenvalue weighted by Gasteiger charge is 2.06. The van der Waals surface area contributed by atoms with Gasteiger partial charge in [-0.05, 0) is 0 Å². The van der Waals surface area contributed by atoms with Crippen LogP contribution in [0.15, 0.2) is 12.3 Å². The largest absolute Gasteiger partial charge is 0.495 e. The van der Waals surface area contributed by atoms with Crippen molar-refractivity contribution in [3.05, 3.63) is 17.3 Å². The van der Waals surface area contributed by atoms with Crippen molar-refractivity contribution in [3.8, 4) is 11.6 Å². The van der Waals surface area contributed by atoms with Crippen molar-refractivity contribution in [2.45, 2.75) is 0 Å². The van der Waals surface area contributed by atoms with Gasteiger partial charge in [0.25, 0.3) is 0 Å². The van der Waals surface area contributed by atoms with Crippen LogP contribution in [0.1, 0.15) is 0 Å². The summed E-state index contributed by atoms with van der Waals surface area (Å²) in [4.78, 5) is 3.87. The van der Waals surface area contributed by atoms with Gasteiger partial charge in [0, 0.05) is 12.3 Å². The minimum atomic E-state index is 0.381. The van der Waals surface area contributed by atoms with E-state index in [2.05, 4.69) is 4.98 Å². The van der Waals surface area contributed by atoms with E-state index in [1.807, 2.05) is 0 Å². The Hall–Kier alpha value is -0.960. The van der Waals surface area contributed by atoms with E-state index in [0.717, 1.165) is 0 Å². The minimum absolute atomic E-state index is 0.381. The Morgan fingerprint density at radius 3 is 2.64 bits per heavy atom. The number of aromatic nitrogens is 1. The number of pyridine rings is 1. The maximum Gasteiger partial charge on any atom is 0.236 e. The lowest BCUT2D eigenvalue weighted by Crippen LogP contribution is -1.91. The molecule has 0 unspecified atom stereocenters. The number of hydrogen-bond donors (Lipinski definition) is 0. The lowest BCUT2D eigenvalue weighted by atomic mass is 10.4. The molecule has 0 radical (unpaired) electrons. The molecule has 0 aliphatic carbocycles. The molecule has 0 fully saturated rings. The summed E-state index contributed by atoms with van der Waals surface area (Å²) >= 11 is 5.80. The zero-order valence-corrected chi connectivity index (χ0v) is 7.05. The van der Waals surface area contributed by atoms with Gasteiger partial charge in [-0.25, -0.2) is 4.98 Å². The Morgan fingerprint density at radius 1 is 1.36 bits per heavy atom. The lowest BCUT2D eigenvalue weighted by molar-refractivity contribution is 0.383. The monoisotopic (exact) mass is 173 g/mol. The number of hydrogen-bond acceptors (Lipinski definition) is 3. The lowest BCUT2D eigenvalue weighted by Gasteiger charge is -2.04. The highest BCUT2D eigenvalue weighted by molar-refractivity contribution is 6.33. The molecule has 1 aromatic rings. The third-order valence-corrected chi connectivity index (χ3v) is 1.58. The highest BCUT2D eigenvalue weighted by Crippen LogP contribution is 2.30. The van der Waals surface area contributed by atoms with Gasteiger partial charge in [-0.1, -0.05) is 11.6 Å². The SMILES string of the molecule is COc1ccnc(OC)c1Cl. The fourth-order valence-electron chi connectivity index (χ4n) is 0.708. The van der Waals surface area contributed by atoms with E-state index in [9.17, 15) is 0 Å². The zero-order valence-electron chi connectivity index (χ0n) is 6.30. The van der Waals surface area contributed by atoms with Crippen molar-refractivity contribution in [2.24, 2.45) is 0 Å². The van der Waals surface area contributed by atoms with Crippen LogP contribution in [0.25, 0.3) is 0 Å². The van der Waals surface area contributed by atoms with Gasteiger partial charge in [0.1, 0.15) is 10.8 Å². The molecule has 60 valence electrons. The molecule has 0 saturated heterocycles. The van der Waals surface area contributed by atoms with Crippen molar-refractivity contribution >= 4 is 11.6 Å². The van der Waals surface area contributed by atoms with Crippen LogP contribution in [0.3, 0.4) is 0 Å². The van der Waals surface area contributed by atoms with Gasteiger partial charge in [-0.3, -0.25) is 0 Å². The molecular formula is C7H8ClNO2. The Balaban J connectivity index is 3.10. The van der Waals surface area contributed by atoms with Gasteiger partial charge in [0.15, 0.2) is 0 Å². The van der Waals surface area contributed by atoms with Gasteiger partial charge in [-0.15, -0.1) is 0 Å². The average molecular weight is 174 g/mol. The summed E-state index contributed by atoms with van der Waals surface area (Å²) < 4.78 is 9.80. The number of methoxy groups -OCH3 is 2. The molecule has 1 aromatic heterocycles. The molecule has 1 heterocycles. The molecule has 0 aliphatic rings. The van der Waals surface area contributed by atoms with Crippen LogP contribution in [0.4, 0.5) is 0 Å². The zero-order chi connectivity index (χ0) is 8.27. The molecule has 1 rings (SSSR count). The van der Waals surface area contributed by atoms with E-state index in [1.54, 1.807) is 19.4 Å². The van der Waals surface area contributed by atoms with E-state index >= 15 is 0 Å². The summed E-state index contributed by atoms with van der Waals surface area (Å²) in [5.74, 6) is 0.949. The van der Waals surface area contributed by atoms with Crippen molar-refractivity contribution in [1.29, 1.82) is 0 Å². The number of halogens is 1. The molecule has 11 heavy (non-hydrogen) atoms.